The van der Waals surface area contributed by atoms with Crippen LogP contribution in [0.15, 0.2) is 29.1 Å². The number of halogens is 3. The third-order valence-corrected chi connectivity index (χ3v) is 2.62. The molecule has 0 radical (unpaired) electrons. The fourth-order valence-corrected chi connectivity index (χ4v) is 1.63. The van der Waals surface area contributed by atoms with Crippen LogP contribution in [0.25, 0.3) is 11.3 Å². The molecule has 0 N–H and O–H groups in total. The third kappa shape index (κ3) is 1.95. The summed E-state index contributed by atoms with van der Waals surface area (Å²) in [6.45, 7) is 1.51. The molecule has 0 atom stereocenters. The first kappa shape index (κ1) is 11.1. The van der Waals surface area contributed by atoms with E-state index in [4.69, 9.17) is 0 Å². The molecule has 1 heterocycles. The molecule has 2 aromatic rings. The standard InChI is InChI=1S/C11H7BrF2N2/c1-6-2-3-7(11(14)10(6)13)8-4-9(12)16-5-15-8/h2-5H,1H3. The quantitative estimate of drug-likeness (QED) is 0.749. The zero-order valence-electron chi connectivity index (χ0n) is 8.34. The number of benzene rings is 1. The lowest BCUT2D eigenvalue weighted by molar-refractivity contribution is 0.505. The predicted octanol–water partition coefficient (Wildman–Crippen LogP) is 3.49. The molecule has 82 valence electrons. The molecule has 0 aliphatic rings. The maximum atomic E-state index is 13.6. The van der Waals surface area contributed by atoms with Crippen molar-refractivity contribution in [1.82, 2.24) is 9.97 Å². The van der Waals surface area contributed by atoms with Gasteiger partial charge in [-0.25, -0.2) is 18.7 Å². The Labute approximate surface area is 99.5 Å². The summed E-state index contributed by atoms with van der Waals surface area (Å²) in [4.78, 5) is 7.72. The van der Waals surface area contributed by atoms with E-state index < -0.39 is 11.6 Å². The van der Waals surface area contributed by atoms with E-state index in [1.807, 2.05) is 0 Å². The molecular weight excluding hydrogens is 278 g/mol. The molecule has 2 nitrogen and oxygen atoms in total. The smallest absolute Gasteiger partial charge is 0.168 e. The van der Waals surface area contributed by atoms with Crippen molar-refractivity contribution in [1.29, 1.82) is 0 Å². The Balaban J connectivity index is 2.61. The fraction of sp³-hybridized carbons (Fsp3) is 0.0909. The van der Waals surface area contributed by atoms with E-state index in [0.717, 1.165) is 0 Å². The zero-order chi connectivity index (χ0) is 11.7. The molecule has 0 amide bonds. The largest absolute Gasteiger partial charge is 0.236 e. The molecule has 16 heavy (non-hydrogen) atoms. The van der Waals surface area contributed by atoms with Crippen LogP contribution >= 0.6 is 15.9 Å². The summed E-state index contributed by atoms with van der Waals surface area (Å²) >= 11 is 3.15. The minimum Gasteiger partial charge on any atom is -0.236 e. The Hall–Kier alpha value is -1.36. The second-order valence-corrected chi connectivity index (χ2v) is 4.10. The average molecular weight is 285 g/mol. The first-order chi connectivity index (χ1) is 7.59. The summed E-state index contributed by atoms with van der Waals surface area (Å²) in [5.41, 5.74) is 0.749. The summed E-state index contributed by atoms with van der Waals surface area (Å²) in [5, 5.41) is 0. The first-order valence-corrected chi connectivity index (χ1v) is 5.31. The second-order valence-electron chi connectivity index (χ2n) is 3.28. The van der Waals surface area contributed by atoms with Crippen LogP contribution in [0, 0.1) is 18.6 Å². The van der Waals surface area contributed by atoms with Gasteiger partial charge in [0.1, 0.15) is 10.9 Å². The van der Waals surface area contributed by atoms with Crippen molar-refractivity contribution < 1.29 is 8.78 Å². The number of rotatable bonds is 1. The Morgan fingerprint density at radius 2 is 1.88 bits per heavy atom. The van der Waals surface area contributed by atoms with Crippen LogP contribution in [0.1, 0.15) is 5.56 Å². The minimum atomic E-state index is -0.884. The fourth-order valence-electron chi connectivity index (χ4n) is 1.32. The van der Waals surface area contributed by atoms with E-state index in [0.29, 0.717) is 10.3 Å². The van der Waals surface area contributed by atoms with Crippen LogP contribution in [-0.4, -0.2) is 9.97 Å². The molecule has 0 bridgehead atoms. The Morgan fingerprint density at radius 3 is 2.56 bits per heavy atom. The third-order valence-electron chi connectivity index (χ3n) is 2.19. The van der Waals surface area contributed by atoms with Gasteiger partial charge >= 0.3 is 0 Å². The molecule has 1 aromatic heterocycles. The van der Waals surface area contributed by atoms with Gasteiger partial charge in [0, 0.05) is 5.56 Å². The molecule has 0 saturated heterocycles. The van der Waals surface area contributed by atoms with Gasteiger partial charge in [-0.15, -0.1) is 0 Å². The highest BCUT2D eigenvalue weighted by Gasteiger charge is 2.13. The van der Waals surface area contributed by atoms with Crippen molar-refractivity contribution in [2.45, 2.75) is 6.92 Å². The number of aryl methyl sites for hydroxylation is 1. The molecule has 0 aliphatic carbocycles. The summed E-state index contributed by atoms with van der Waals surface area (Å²) in [6, 6.07) is 4.56. The highest BCUT2D eigenvalue weighted by Crippen LogP contribution is 2.25. The van der Waals surface area contributed by atoms with Gasteiger partial charge in [0.2, 0.25) is 0 Å². The van der Waals surface area contributed by atoms with E-state index in [2.05, 4.69) is 25.9 Å². The SMILES string of the molecule is Cc1ccc(-c2cc(Br)ncn2)c(F)c1F. The van der Waals surface area contributed by atoms with Crippen molar-refractivity contribution >= 4 is 15.9 Å². The molecule has 0 saturated carbocycles. The molecule has 2 rings (SSSR count). The number of aromatic nitrogens is 2. The Kier molecular flexibility index (Phi) is 2.96. The lowest BCUT2D eigenvalue weighted by atomic mass is 10.1. The van der Waals surface area contributed by atoms with Gasteiger partial charge in [0.05, 0.1) is 5.69 Å². The van der Waals surface area contributed by atoms with Crippen molar-refractivity contribution in [2.24, 2.45) is 0 Å². The van der Waals surface area contributed by atoms with E-state index in [1.165, 1.54) is 31.5 Å². The van der Waals surface area contributed by atoms with Crippen LogP contribution in [0.3, 0.4) is 0 Å². The summed E-state index contributed by atoms with van der Waals surface area (Å²) in [5.74, 6) is -1.72. The van der Waals surface area contributed by atoms with Crippen LogP contribution in [0.5, 0.6) is 0 Å². The Morgan fingerprint density at radius 1 is 1.12 bits per heavy atom. The van der Waals surface area contributed by atoms with Crippen molar-refractivity contribution in [3.05, 3.63) is 46.3 Å². The molecule has 0 spiro atoms. The topological polar surface area (TPSA) is 25.8 Å². The normalized spacial score (nSPS) is 10.5. The van der Waals surface area contributed by atoms with Crippen molar-refractivity contribution in [3.8, 4) is 11.3 Å². The molecule has 0 fully saturated rings. The zero-order valence-corrected chi connectivity index (χ0v) is 9.92. The van der Waals surface area contributed by atoms with E-state index in [1.54, 1.807) is 0 Å². The highest BCUT2D eigenvalue weighted by molar-refractivity contribution is 9.10. The van der Waals surface area contributed by atoms with Gasteiger partial charge < -0.3 is 0 Å². The average Bonchev–Trinajstić information content (AvgIpc) is 2.26. The molecule has 1 aromatic carbocycles. The molecular formula is C11H7BrF2N2. The minimum absolute atomic E-state index is 0.131. The van der Waals surface area contributed by atoms with Gasteiger partial charge in [0.15, 0.2) is 11.6 Å². The van der Waals surface area contributed by atoms with Gasteiger partial charge in [-0.1, -0.05) is 6.07 Å². The van der Waals surface area contributed by atoms with Gasteiger partial charge in [-0.2, -0.15) is 0 Å². The summed E-state index contributed by atoms with van der Waals surface area (Å²) in [7, 11) is 0. The van der Waals surface area contributed by atoms with Gasteiger partial charge in [0.25, 0.3) is 0 Å². The van der Waals surface area contributed by atoms with Crippen LogP contribution in [0.2, 0.25) is 0 Å². The highest BCUT2D eigenvalue weighted by atomic mass is 79.9. The number of hydrogen-bond acceptors (Lipinski definition) is 2. The molecule has 0 unspecified atom stereocenters. The summed E-state index contributed by atoms with van der Waals surface area (Å²) in [6.07, 6.45) is 1.29. The maximum absolute atomic E-state index is 13.6. The second kappa shape index (κ2) is 4.25. The first-order valence-electron chi connectivity index (χ1n) is 4.52. The van der Waals surface area contributed by atoms with E-state index in [9.17, 15) is 8.78 Å². The van der Waals surface area contributed by atoms with E-state index >= 15 is 0 Å². The van der Waals surface area contributed by atoms with Crippen molar-refractivity contribution in [3.63, 3.8) is 0 Å². The summed E-state index contributed by atoms with van der Waals surface area (Å²) < 4.78 is 27.5. The maximum Gasteiger partial charge on any atom is 0.168 e. The van der Waals surface area contributed by atoms with Crippen LogP contribution < -0.4 is 0 Å². The lowest BCUT2D eigenvalue weighted by Crippen LogP contribution is -1.95. The Bertz CT molecular complexity index is 544. The molecule has 0 aliphatic heterocycles. The van der Waals surface area contributed by atoms with E-state index in [-0.39, 0.29) is 11.1 Å². The predicted molar refractivity (Wildman–Crippen MR) is 59.8 cm³/mol. The molecule has 5 heteroatoms. The number of hydrogen-bond donors (Lipinski definition) is 0. The number of nitrogens with zero attached hydrogens (tertiary/aromatic N) is 2. The van der Waals surface area contributed by atoms with Crippen LogP contribution in [0.4, 0.5) is 8.78 Å². The van der Waals surface area contributed by atoms with Crippen molar-refractivity contribution in [2.75, 3.05) is 0 Å². The monoisotopic (exact) mass is 284 g/mol. The lowest BCUT2D eigenvalue weighted by Gasteiger charge is -2.05. The van der Waals surface area contributed by atoms with Crippen LogP contribution in [-0.2, 0) is 0 Å². The van der Waals surface area contributed by atoms with Gasteiger partial charge in [-0.05, 0) is 40.5 Å². The van der Waals surface area contributed by atoms with Gasteiger partial charge in [-0.3, -0.25) is 0 Å².